The molecule has 1 heterocycles. The molecule has 0 aromatic heterocycles. The van der Waals surface area contributed by atoms with E-state index in [0.29, 0.717) is 24.3 Å². The van der Waals surface area contributed by atoms with E-state index in [9.17, 15) is 9.59 Å². The first kappa shape index (κ1) is 16.9. The summed E-state index contributed by atoms with van der Waals surface area (Å²) in [6, 6.07) is 0. The molecule has 3 aliphatic rings. The molecule has 2 aliphatic carbocycles. The topological polar surface area (TPSA) is 37.4 Å². The summed E-state index contributed by atoms with van der Waals surface area (Å²) in [5.74, 6) is -0.184. The van der Waals surface area contributed by atoms with E-state index in [-0.39, 0.29) is 29.6 Å². The molecule has 1 saturated carbocycles. The van der Waals surface area contributed by atoms with Gasteiger partial charge in [-0.05, 0) is 44.4 Å². The van der Waals surface area contributed by atoms with Crippen LogP contribution in [0.15, 0.2) is 11.1 Å². The first-order valence-corrected chi connectivity index (χ1v) is 9.42. The van der Waals surface area contributed by atoms with Gasteiger partial charge in [-0.2, -0.15) is 0 Å². The maximum atomic E-state index is 12.8. The molecule has 0 bridgehead atoms. The van der Waals surface area contributed by atoms with Crippen LogP contribution in [0.25, 0.3) is 0 Å². The van der Waals surface area contributed by atoms with Gasteiger partial charge < -0.3 is 0 Å². The van der Waals surface area contributed by atoms with Gasteiger partial charge >= 0.3 is 0 Å². The number of fused-ring (bicyclic) bond motifs is 3. The number of allylic oxidation sites excluding steroid dienone is 2. The fraction of sp³-hybridized carbons (Fsp3) is 0.733. The van der Waals surface area contributed by atoms with Crippen LogP contribution in [0.3, 0.4) is 0 Å². The summed E-state index contributed by atoms with van der Waals surface area (Å²) >= 11 is 18.0. The van der Waals surface area contributed by atoms with Crippen molar-refractivity contribution in [1.82, 2.24) is 4.31 Å². The maximum absolute atomic E-state index is 12.8. The Bertz CT molecular complexity index is 557. The molecular weight excluding hydrogens is 365 g/mol. The second kappa shape index (κ2) is 5.87. The van der Waals surface area contributed by atoms with Crippen molar-refractivity contribution in [2.45, 2.75) is 42.7 Å². The predicted molar refractivity (Wildman–Crippen MR) is 90.5 cm³/mol. The van der Waals surface area contributed by atoms with Crippen molar-refractivity contribution >= 4 is 58.6 Å². The molecule has 0 aromatic carbocycles. The fourth-order valence-corrected chi connectivity index (χ4v) is 5.48. The van der Waals surface area contributed by atoms with E-state index in [0.717, 1.165) is 23.6 Å². The highest BCUT2D eigenvalue weighted by atomic mass is 35.6. The van der Waals surface area contributed by atoms with Crippen LogP contribution in [0, 0.1) is 23.7 Å². The Morgan fingerprint density at radius 3 is 2.50 bits per heavy atom. The monoisotopic (exact) mass is 381 g/mol. The lowest BCUT2D eigenvalue weighted by Crippen LogP contribution is -2.36. The number of carbonyl (C=O) groups is 2. The van der Waals surface area contributed by atoms with Crippen molar-refractivity contribution in [2.75, 3.05) is 0 Å². The first-order chi connectivity index (χ1) is 10.2. The number of rotatable bonds is 1. The van der Waals surface area contributed by atoms with Gasteiger partial charge in [0.25, 0.3) is 3.12 Å². The minimum atomic E-state index is -1.70. The zero-order valence-corrected chi connectivity index (χ0v) is 15.5. The largest absolute Gasteiger partial charge is 0.273 e. The van der Waals surface area contributed by atoms with Crippen LogP contribution in [0.1, 0.15) is 39.5 Å². The van der Waals surface area contributed by atoms with Gasteiger partial charge in [0.2, 0.25) is 11.8 Å². The lowest BCUT2D eigenvalue weighted by molar-refractivity contribution is -0.133. The molecular formula is C15H18Cl3NO2S. The van der Waals surface area contributed by atoms with Gasteiger partial charge in [0.05, 0.1) is 11.8 Å². The molecule has 7 heteroatoms. The minimum Gasteiger partial charge on any atom is -0.273 e. The minimum absolute atomic E-state index is 0.180. The zero-order valence-electron chi connectivity index (χ0n) is 12.4. The SMILES string of the molecule is CC1=C2CCC(C)CC2C2C(=O)N(SC(Cl)(Cl)Cl)C(=O)C2C1. The van der Waals surface area contributed by atoms with Crippen LogP contribution >= 0.6 is 46.8 Å². The number of halogens is 3. The van der Waals surface area contributed by atoms with Crippen LogP contribution in [-0.4, -0.2) is 19.2 Å². The van der Waals surface area contributed by atoms with Crippen molar-refractivity contribution in [3.05, 3.63) is 11.1 Å². The number of alkyl halides is 3. The quantitative estimate of drug-likeness (QED) is 0.285. The van der Waals surface area contributed by atoms with E-state index in [1.165, 1.54) is 11.1 Å². The summed E-state index contributed by atoms with van der Waals surface area (Å²) in [7, 11) is 0. The third kappa shape index (κ3) is 2.92. The number of amides is 2. The number of hydrogen-bond donors (Lipinski definition) is 0. The molecule has 22 heavy (non-hydrogen) atoms. The number of nitrogens with zero attached hydrogens (tertiary/aromatic N) is 1. The second-order valence-electron chi connectivity index (χ2n) is 6.64. The van der Waals surface area contributed by atoms with Crippen LogP contribution in [-0.2, 0) is 9.59 Å². The van der Waals surface area contributed by atoms with Gasteiger partial charge in [-0.1, -0.05) is 52.9 Å². The molecule has 2 fully saturated rings. The Labute approximate surface area is 149 Å². The van der Waals surface area contributed by atoms with E-state index < -0.39 is 3.12 Å². The molecule has 0 spiro atoms. The van der Waals surface area contributed by atoms with Crippen molar-refractivity contribution in [3.63, 3.8) is 0 Å². The van der Waals surface area contributed by atoms with E-state index in [1.54, 1.807) is 0 Å². The molecule has 2 amide bonds. The van der Waals surface area contributed by atoms with Gasteiger partial charge in [-0.25, -0.2) is 4.31 Å². The second-order valence-corrected chi connectivity index (χ2v) is 10.7. The molecule has 1 aliphatic heterocycles. The van der Waals surface area contributed by atoms with Crippen LogP contribution in [0.2, 0.25) is 0 Å². The highest BCUT2D eigenvalue weighted by molar-refractivity contribution is 8.03. The Morgan fingerprint density at radius 2 is 1.86 bits per heavy atom. The van der Waals surface area contributed by atoms with Crippen molar-refractivity contribution in [2.24, 2.45) is 23.7 Å². The number of hydrogen-bond acceptors (Lipinski definition) is 3. The summed E-state index contributed by atoms with van der Waals surface area (Å²) in [5.41, 5.74) is 2.67. The smallest absolute Gasteiger partial charge is 0.256 e. The van der Waals surface area contributed by atoms with Crippen molar-refractivity contribution in [3.8, 4) is 0 Å². The highest BCUT2D eigenvalue weighted by Crippen LogP contribution is 2.53. The van der Waals surface area contributed by atoms with E-state index in [1.807, 2.05) is 0 Å². The fourth-order valence-electron chi connectivity index (χ4n) is 4.22. The third-order valence-electron chi connectivity index (χ3n) is 5.15. The summed E-state index contributed by atoms with van der Waals surface area (Å²) < 4.78 is -0.609. The average Bonchev–Trinajstić information content (AvgIpc) is 2.62. The molecule has 4 unspecified atom stereocenters. The summed E-state index contributed by atoms with van der Waals surface area (Å²) in [4.78, 5) is 25.4. The molecule has 3 rings (SSSR count). The Balaban J connectivity index is 1.92. The van der Waals surface area contributed by atoms with E-state index in [2.05, 4.69) is 13.8 Å². The van der Waals surface area contributed by atoms with Gasteiger partial charge in [-0.3, -0.25) is 9.59 Å². The van der Waals surface area contributed by atoms with E-state index >= 15 is 0 Å². The van der Waals surface area contributed by atoms with E-state index in [4.69, 9.17) is 34.8 Å². The summed E-state index contributed by atoms with van der Waals surface area (Å²) in [6.07, 6.45) is 3.83. The van der Waals surface area contributed by atoms with Gasteiger partial charge in [0.1, 0.15) is 0 Å². The number of imide groups is 1. The van der Waals surface area contributed by atoms with Crippen LogP contribution in [0.5, 0.6) is 0 Å². The van der Waals surface area contributed by atoms with Gasteiger partial charge in [0.15, 0.2) is 0 Å². The summed E-state index contributed by atoms with van der Waals surface area (Å²) in [5, 5.41) is 0. The molecule has 0 radical (unpaired) electrons. The zero-order chi connectivity index (χ0) is 16.2. The molecule has 122 valence electrons. The number of carbonyl (C=O) groups excluding carboxylic acids is 2. The highest BCUT2D eigenvalue weighted by Gasteiger charge is 2.56. The molecule has 0 aromatic rings. The molecule has 0 N–H and O–H groups in total. The van der Waals surface area contributed by atoms with Crippen LogP contribution in [0.4, 0.5) is 0 Å². The molecule has 1 saturated heterocycles. The molecule has 3 nitrogen and oxygen atoms in total. The van der Waals surface area contributed by atoms with Gasteiger partial charge in [0, 0.05) is 11.9 Å². The Hall–Kier alpha value is 0.1000. The Morgan fingerprint density at radius 1 is 1.18 bits per heavy atom. The summed E-state index contributed by atoms with van der Waals surface area (Å²) in [6.45, 7) is 4.31. The lowest BCUT2D eigenvalue weighted by Gasteiger charge is -2.39. The first-order valence-electron chi connectivity index (χ1n) is 7.51. The lowest BCUT2D eigenvalue weighted by atomic mass is 9.63. The normalized spacial score (nSPS) is 35.8. The van der Waals surface area contributed by atoms with Gasteiger partial charge in [-0.15, -0.1) is 0 Å². The maximum Gasteiger partial charge on any atom is 0.256 e. The third-order valence-corrected chi connectivity index (χ3v) is 6.52. The average molecular weight is 383 g/mol. The Kier molecular flexibility index (Phi) is 4.52. The molecule has 4 atom stereocenters. The van der Waals surface area contributed by atoms with Crippen molar-refractivity contribution < 1.29 is 9.59 Å². The van der Waals surface area contributed by atoms with Crippen LogP contribution < -0.4 is 0 Å². The van der Waals surface area contributed by atoms with Crippen molar-refractivity contribution in [1.29, 1.82) is 0 Å². The standard InChI is InChI=1S/C15H18Cl3NO2S/c1-7-3-4-9-8(2)6-11-12(10(9)5-7)14(21)19(13(11)20)22-15(16,17)18/h7,10-12H,3-6H2,1-2H3. The predicted octanol–water partition coefficient (Wildman–Crippen LogP) is 4.72.